The molecular formula is C29H23N3O3. The molecule has 1 fully saturated rings. The zero-order chi connectivity index (χ0) is 24.5. The molecule has 1 aliphatic heterocycles. The SMILES string of the molecule is Cc1ccc(N2C(=O)NC(=O)/C(=C\c3cc(C)n(-c4ccccc4)c3-c3ccccc3)C2=O)cc1. The lowest BCUT2D eigenvalue weighted by Crippen LogP contribution is -2.54. The van der Waals surface area contributed by atoms with Crippen LogP contribution in [0.15, 0.2) is 96.6 Å². The first-order chi connectivity index (χ1) is 16.9. The molecule has 6 nitrogen and oxygen atoms in total. The number of anilines is 1. The fraction of sp³-hybridized carbons (Fsp3) is 0.0690. The zero-order valence-electron chi connectivity index (χ0n) is 19.4. The number of hydrogen-bond acceptors (Lipinski definition) is 3. The number of aromatic nitrogens is 1. The number of nitrogens with one attached hydrogen (secondary N) is 1. The number of rotatable bonds is 4. The van der Waals surface area contributed by atoms with Crippen LogP contribution in [-0.4, -0.2) is 22.4 Å². The summed E-state index contributed by atoms with van der Waals surface area (Å²) in [5, 5.41) is 2.31. The first-order valence-electron chi connectivity index (χ1n) is 11.3. The van der Waals surface area contributed by atoms with Gasteiger partial charge in [0, 0.05) is 16.9 Å². The summed E-state index contributed by atoms with van der Waals surface area (Å²) >= 11 is 0. The molecule has 3 aromatic carbocycles. The highest BCUT2D eigenvalue weighted by Crippen LogP contribution is 2.33. The van der Waals surface area contributed by atoms with Gasteiger partial charge in [0.15, 0.2) is 0 Å². The van der Waals surface area contributed by atoms with Crippen LogP contribution in [0.1, 0.15) is 16.8 Å². The third-order valence-electron chi connectivity index (χ3n) is 5.97. The van der Waals surface area contributed by atoms with Gasteiger partial charge >= 0.3 is 6.03 Å². The van der Waals surface area contributed by atoms with Gasteiger partial charge in [-0.2, -0.15) is 0 Å². The summed E-state index contributed by atoms with van der Waals surface area (Å²) in [6, 6.07) is 27.9. The Morgan fingerprint density at radius 3 is 2.03 bits per heavy atom. The smallest absolute Gasteiger partial charge is 0.313 e. The van der Waals surface area contributed by atoms with Crippen LogP contribution >= 0.6 is 0 Å². The number of nitrogens with zero attached hydrogens (tertiary/aromatic N) is 2. The molecule has 0 aliphatic carbocycles. The van der Waals surface area contributed by atoms with Crippen molar-refractivity contribution in [3.63, 3.8) is 0 Å². The normalized spacial score (nSPS) is 15.0. The number of urea groups is 1. The Bertz CT molecular complexity index is 1470. The Balaban J connectivity index is 1.67. The molecule has 2 heterocycles. The largest absolute Gasteiger partial charge is 0.335 e. The van der Waals surface area contributed by atoms with Gasteiger partial charge in [-0.15, -0.1) is 0 Å². The molecule has 4 aromatic rings. The summed E-state index contributed by atoms with van der Waals surface area (Å²) in [5.74, 6) is -1.38. The van der Waals surface area contributed by atoms with Crippen molar-refractivity contribution in [2.75, 3.05) is 4.90 Å². The summed E-state index contributed by atoms with van der Waals surface area (Å²) in [6.45, 7) is 3.90. The summed E-state index contributed by atoms with van der Waals surface area (Å²) in [7, 11) is 0. The van der Waals surface area contributed by atoms with Crippen LogP contribution in [0.25, 0.3) is 23.0 Å². The van der Waals surface area contributed by atoms with Gasteiger partial charge in [-0.25, -0.2) is 9.69 Å². The van der Waals surface area contributed by atoms with E-state index in [1.54, 1.807) is 18.2 Å². The Hall–Kier alpha value is -4.71. The van der Waals surface area contributed by atoms with Gasteiger partial charge in [0.1, 0.15) is 5.57 Å². The van der Waals surface area contributed by atoms with Crippen LogP contribution in [0.4, 0.5) is 10.5 Å². The second kappa shape index (κ2) is 8.91. The fourth-order valence-corrected chi connectivity index (χ4v) is 4.32. The van der Waals surface area contributed by atoms with Gasteiger partial charge in [0.2, 0.25) is 0 Å². The van der Waals surface area contributed by atoms with Gasteiger partial charge in [0.25, 0.3) is 11.8 Å². The van der Waals surface area contributed by atoms with E-state index < -0.39 is 17.8 Å². The van der Waals surface area contributed by atoms with E-state index in [0.29, 0.717) is 11.3 Å². The minimum Gasteiger partial charge on any atom is -0.313 e. The highest BCUT2D eigenvalue weighted by molar-refractivity contribution is 6.39. The Morgan fingerprint density at radius 2 is 1.37 bits per heavy atom. The van der Waals surface area contributed by atoms with E-state index >= 15 is 0 Å². The lowest BCUT2D eigenvalue weighted by atomic mass is 10.0. The van der Waals surface area contributed by atoms with Crippen LogP contribution in [0.5, 0.6) is 0 Å². The van der Waals surface area contributed by atoms with E-state index in [0.717, 1.165) is 33.1 Å². The molecule has 1 saturated heterocycles. The maximum absolute atomic E-state index is 13.4. The summed E-state index contributed by atoms with van der Waals surface area (Å²) in [4.78, 5) is 39.8. The highest BCUT2D eigenvalue weighted by Gasteiger charge is 2.37. The van der Waals surface area contributed by atoms with Gasteiger partial charge < -0.3 is 4.57 Å². The van der Waals surface area contributed by atoms with Crippen LogP contribution in [0.3, 0.4) is 0 Å². The van der Waals surface area contributed by atoms with Crippen molar-refractivity contribution in [3.05, 3.63) is 113 Å². The van der Waals surface area contributed by atoms with Gasteiger partial charge in [-0.1, -0.05) is 66.2 Å². The number of para-hydroxylation sites is 1. The van der Waals surface area contributed by atoms with Gasteiger partial charge in [-0.3, -0.25) is 14.9 Å². The standard InChI is InChI=1S/C29H23N3O3/c1-19-13-15-24(16-14-19)32-28(34)25(27(33)30-29(32)35)18-22-17-20(2)31(23-11-7-4-8-12-23)26(22)21-9-5-3-6-10-21/h3-18H,1-2H3,(H,30,33,35)/b25-18+. The van der Waals surface area contributed by atoms with E-state index in [1.807, 2.05) is 92.7 Å². The molecule has 1 aromatic heterocycles. The minimum absolute atomic E-state index is 0.104. The number of carbonyl (C=O) groups excluding carboxylic acids is 3. The second-order valence-electron chi connectivity index (χ2n) is 8.42. The molecular weight excluding hydrogens is 438 g/mol. The fourth-order valence-electron chi connectivity index (χ4n) is 4.32. The molecule has 35 heavy (non-hydrogen) atoms. The van der Waals surface area contributed by atoms with Crippen molar-refractivity contribution in [3.8, 4) is 16.9 Å². The van der Waals surface area contributed by atoms with Crippen molar-refractivity contribution in [1.82, 2.24) is 9.88 Å². The first kappa shape index (κ1) is 22.1. The topological polar surface area (TPSA) is 71.4 Å². The van der Waals surface area contributed by atoms with Crippen molar-refractivity contribution in [2.24, 2.45) is 0 Å². The summed E-state index contributed by atoms with van der Waals surface area (Å²) in [5.41, 5.74) is 5.68. The van der Waals surface area contributed by atoms with Crippen molar-refractivity contribution < 1.29 is 14.4 Å². The summed E-state index contributed by atoms with van der Waals surface area (Å²) < 4.78 is 2.09. The van der Waals surface area contributed by atoms with Crippen molar-refractivity contribution in [1.29, 1.82) is 0 Å². The molecule has 0 unspecified atom stereocenters. The molecule has 0 spiro atoms. The van der Waals surface area contributed by atoms with Crippen molar-refractivity contribution in [2.45, 2.75) is 13.8 Å². The molecule has 5 rings (SSSR count). The number of barbiturate groups is 1. The van der Waals surface area contributed by atoms with E-state index in [4.69, 9.17) is 0 Å². The van der Waals surface area contributed by atoms with Gasteiger partial charge in [0.05, 0.1) is 11.4 Å². The number of imide groups is 2. The number of carbonyl (C=O) groups is 3. The average molecular weight is 462 g/mol. The highest BCUT2D eigenvalue weighted by atomic mass is 16.2. The molecule has 0 atom stereocenters. The molecule has 6 heteroatoms. The third kappa shape index (κ3) is 4.06. The molecule has 1 N–H and O–H groups in total. The minimum atomic E-state index is -0.762. The van der Waals surface area contributed by atoms with E-state index in [-0.39, 0.29) is 5.57 Å². The quantitative estimate of drug-likeness (QED) is 0.326. The predicted octanol–water partition coefficient (Wildman–Crippen LogP) is 5.43. The molecule has 172 valence electrons. The van der Waals surface area contributed by atoms with Crippen LogP contribution in [0, 0.1) is 13.8 Å². The average Bonchev–Trinajstić information content (AvgIpc) is 3.19. The summed E-state index contributed by atoms with van der Waals surface area (Å²) in [6.07, 6.45) is 1.57. The Kier molecular flexibility index (Phi) is 5.63. The zero-order valence-corrected chi connectivity index (χ0v) is 19.4. The lowest BCUT2D eigenvalue weighted by molar-refractivity contribution is -0.122. The second-order valence-corrected chi connectivity index (χ2v) is 8.42. The monoisotopic (exact) mass is 461 g/mol. The lowest BCUT2D eigenvalue weighted by Gasteiger charge is -2.26. The first-order valence-corrected chi connectivity index (χ1v) is 11.3. The van der Waals surface area contributed by atoms with E-state index in [2.05, 4.69) is 9.88 Å². The number of aryl methyl sites for hydroxylation is 2. The predicted molar refractivity (Wildman–Crippen MR) is 136 cm³/mol. The van der Waals surface area contributed by atoms with Crippen LogP contribution in [-0.2, 0) is 9.59 Å². The number of benzene rings is 3. The van der Waals surface area contributed by atoms with E-state index in [1.165, 1.54) is 0 Å². The molecule has 0 radical (unpaired) electrons. The van der Waals surface area contributed by atoms with Crippen LogP contribution in [0.2, 0.25) is 0 Å². The van der Waals surface area contributed by atoms with Gasteiger partial charge in [-0.05, 0) is 55.8 Å². The Morgan fingerprint density at radius 1 is 0.743 bits per heavy atom. The molecule has 1 aliphatic rings. The molecule has 0 saturated carbocycles. The van der Waals surface area contributed by atoms with Crippen molar-refractivity contribution >= 4 is 29.6 Å². The molecule has 4 amide bonds. The number of hydrogen-bond donors (Lipinski definition) is 1. The number of amides is 4. The van der Waals surface area contributed by atoms with E-state index in [9.17, 15) is 14.4 Å². The third-order valence-corrected chi connectivity index (χ3v) is 5.97. The Labute approximate surface area is 203 Å². The maximum Gasteiger partial charge on any atom is 0.335 e. The maximum atomic E-state index is 13.4. The van der Waals surface area contributed by atoms with Crippen LogP contribution < -0.4 is 10.2 Å². The molecule has 0 bridgehead atoms.